The Balaban J connectivity index is 1.48. The highest BCUT2D eigenvalue weighted by atomic mass is 19.3. The van der Waals surface area contributed by atoms with Gasteiger partial charge in [-0.3, -0.25) is 4.90 Å². The molecule has 0 spiro atoms. The lowest BCUT2D eigenvalue weighted by molar-refractivity contribution is -0.0726. The Hall–Kier alpha value is -3.48. The summed E-state index contributed by atoms with van der Waals surface area (Å²) in [5.41, 5.74) is 8.55. The monoisotopic (exact) mass is 491 g/mol. The molecule has 0 aliphatic carbocycles. The van der Waals surface area contributed by atoms with E-state index >= 15 is 0 Å². The lowest BCUT2D eigenvalue weighted by Gasteiger charge is -2.38. The van der Waals surface area contributed by atoms with E-state index in [0.29, 0.717) is 46.9 Å². The molecule has 9 nitrogen and oxygen atoms in total. The Morgan fingerprint density at radius 1 is 1.20 bits per heavy atom. The predicted octanol–water partition coefficient (Wildman–Crippen LogP) is 3.44. The second-order valence-electron chi connectivity index (χ2n) is 8.66. The Morgan fingerprint density at radius 2 is 2.00 bits per heavy atom. The summed E-state index contributed by atoms with van der Waals surface area (Å²) < 4.78 is 58.2. The average Bonchev–Trinajstić information content (AvgIpc) is 3.35. The topological polar surface area (TPSA) is 102 Å². The van der Waals surface area contributed by atoms with E-state index in [-0.39, 0.29) is 24.7 Å². The fourth-order valence-corrected chi connectivity index (χ4v) is 4.56. The number of nitrogen functional groups attached to an aromatic ring is 1. The molecular weight excluding hydrogens is 466 g/mol. The van der Waals surface area contributed by atoms with Gasteiger partial charge in [-0.25, -0.2) is 32.0 Å². The van der Waals surface area contributed by atoms with Crippen molar-refractivity contribution in [2.75, 3.05) is 30.7 Å². The molecular formula is C22H25F4N9. The number of aryl methyl sites for hydroxylation is 1. The maximum absolute atomic E-state index is 14.6. The SMILES string of the molecule is CCN1CC[C@@H](Nc2nc(N)c3c(-c4ccc5nc(C)n(CC(F)F)c5n4)ccn3n2)C(F)(F)C1. The minimum absolute atomic E-state index is 0.000759. The molecule has 35 heavy (non-hydrogen) atoms. The van der Waals surface area contributed by atoms with Crippen LogP contribution in [0.15, 0.2) is 24.4 Å². The fourth-order valence-electron chi connectivity index (χ4n) is 4.56. The third-order valence-electron chi connectivity index (χ3n) is 6.35. The number of nitrogens with two attached hydrogens (primary N) is 1. The van der Waals surface area contributed by atoms with Crippen LogP contribution in [0.3, 0.4) is 0 Å². The van der Waals surface area contributed by atoms with E-state index in [1.807, 2.05) is 6.92 Å². The first kappa shape index (κ1) is 23.3. The summed E-state index contributed by atoms with van der Waals surface area (Å²) in [6.07, 6.45) is -0.683. The molecule has 1 fully saturated rings. The lowest BCUT2D eigenvalue weighted by Crippen LogP contribution is -2.54. The summed E-state index contributed by atoms with van der Waals surface area (Å²) in [5.74, 6) is -2.43. The zero-order valence-corrected chi connectivity index (χ0v) is 19.2. The van der Waals surface area contributed by atoms with Crippen LogP contribution in [0.5, 0.6) is 0 Å². The molecule has 4 aromatic rings. The zero-order chi connectivity index (χ0) is 24.9. The van der Waals surface area contributed by atoms with E-state index in [4.69, 9.17) is 5.73 Å². The van der Waals surface area contributed by atoms with Crippen molar-refractivity contribution < 1.29 is 17.6 Å². The van der Waals surface area contributed by atoms with E-state index in [0.717, 1.165) is 0 Å². The Labute approximate surface area is 198 Å². The number of anilines is 2. The summed E-state index contributed by atoms with van der Waals surface area (Å²) in [4.78, 5) is 14.8. The van der Waals surface area contributed by atoms with Gasteiger partial charge in [0.2, 0.25) is 5.95 Å². The number of imidazole rings is 1. The van der Waals surface area contributed by atoms with Gasteiger partial charge in [0.25, 0.3) is 12.3 Å². The number of pyridine rings is 1. The van der Waals surface area contributed by atoms with Crippen LogP contribution in [-0.2, 0) is 6.54 Å². The van der Waals surface area contributed by atoms with Crippen LogP contribution in [0.1, 0.15) is 19.2 Å². The Bertz CT molecular complexity index is 1380. The summed E-state index contributed by atoms with van der Waals surface area (Å²) >= 11 is 0. The summed E-state index contributed by atoms with van der Waals surface area (Å²) in [6.45, 7) is 3.76. The van der Waals surface area contributed by atoms with E-state index in [9.17, 15) is 17.6 Å². The van der Waals surface area contributed by atoms with Crippen LogP contribution in [-0.4, -0.2) is 72.1 Å². The van der Waals surface area contributed by atoms with Gasteiger partial charge in [-0.15, -0.1) is 5.10 Å². The molecule has 0 bridgehead atoms. The van der Waals surface area contributed by atoms with Gasteiger partial charge in [0.15, 0.2) is 11.5 Å². The summed E-state index contributed by atoms with van der Waals surface area (Å²) in [7, 11) is 0. The Kier molecular flexibility index (Phi) is 5.74. The molecule has 3 N–H and O–H groups in total. The molecule has 0 saturated carbocycles. The Morgan fingerprint density at radius 3 is 2.71 bits per heavy atom. The number of nitrogens with zero attached hydrogens (tertiary/aromatic N) is 7. The molecule has 0 radical (unpaired) electrons. The van der Waals surface area contributed by atoms with Gasteiger partial charge in [-0.05, 0) is 38.1 Å². The summed E-state index contributed by atoms with van der Waals surface area (Å²) in [5, 5.41) is 7.08. The third kappa shape index (κ3) is 4.24. The standard InChI is InChI=1S/C22H25F4N9/c1-3-33-8-7-16(22(25,26)11-33)30-21-31-19(27)18-13(6-9-35(18)32-21)14-4-5-15-20(29-14)34(10-17(23)24)12(2)28-15/h4-6,9,16-17H,3,7-8,10-11H2,1-2H3,(H3,27,30,31,32)/t16-/m1/s1. The molecule has 1 aliphatic heterocycles. The first-order valence-electron chi connectivity index (χ1n) is 11.3. The number of halogens is 4. The molecule has 186 valence electrons. The van der Waals surface area contributed by atoms with Crippen LogP contribution in [0.25, 0.3) is 27.9 Å². The van der Waals surface area contributed by atoms with Crippen molar-refractivity contribution in [3.05, 3.63) is 30.2 Å². The number of nitrogens with one attached hydrogen (secondary N) is 1. The van der Waals surface area contributed by atoms with Gasteiger partial charge in [0.05, 0.1) is 24.8 Å². The van der Waals surface area contributed by atoms with Crippen LogP contribution >= 0.6 is 0 Å². The number of piperidine rings is 1. The molecule has 0 amide bonds. The molecule has 13 heteroatoms. The predicted molar refractivity (Wildman–Crippen MR) is 124 cm³/mol. The maximum Gasteiger partial charge on any atom is 0.280 e. The quantitative estimate of drug-likeness (QED) is 0.399. The van der Waals surface area contributed by atoms with Crippen molar-refractivity contribution in [3.63, 3.8) is 0 Å². The van der Waals surface area contributed by atoms with Crippen molar-refractivity contribution in [3.8, 4) is 11.3 Å². The van der Waals surface area contributed by atoms with Crippen LogP contribution < -0.4 is 11.1 Å². The fraction of sp³-hybridized carbons (Fsp3) is 0.455. The summed E-state index contributed by atoms with van der Waals surface area (Å²) in [6, 6.07) is 4.02. The molecule has 1 saturated heterocycles. The van der Waals surface area contributed by atoms with Crippen molar-refractivity contribution in [1.29, 1.82) is 0 Å². The molecule has 1 aliphatic rings. The van der Waals surface area contributed by atoms with Crippen LogP contribution in [0.4, 0.5) is 29.3 Å². The highest BCUT2D eigenvalue weighted by Crippen LogP contribution is 2.32. The zero-order valence-electron chi connectivity index (χ0n) is 19.2. The first-order chi connectivity index (χ1) is 16.7. The van der Waals surface area contributed by atoms with Crippen LogP contribution in [0.2, 0.25) is 0 Å². The number of fused-ring (bicyclic) bond motifs is 2. The second-order valence-corrected chi connectivity index (χ2v) is 8.66. The molecule has 0 aromatic carbocycles. The smallest absolute Gasteiger partial charge is 0.280 e. The minimum atomic E-state index is -2.94. The molecule has 5 heterocycles. The van der Waals surface area contributed by atoms with Gasteiger partial charge in [0.1, 0.15) is 16.9 Å². The van der Waals surface area contributed by atoms with Crippen molar-refractivity contribution in [2.24, 2.45) is 0 Å². The van der Waals surface area contributed by atoms with Gasteiger partial charge in [-0.2, -0.15) is 4.98 Å². The normalized spacial score (nSPS) is 18.7. The molecule has 1 atom stereocenters. The van der Waals surface area contributed by atoms with Crippen molar-refractivity contribution in [2.45, 2.75) is 45.2 Å². The van der Waals surface area contributed by atoms with E-state index in [2.05, 4.69) is 25.4 Å². The number of alkyl halides is 4. The number of likely N-dealkylation sites (tertiary alicyclic amines) is 1. The largest absolute Gasteiger partial charge is 0.382 e. The number of hydrogen-bond donors (Lipinski definition) is 2. The lowest BCUT2D eigenvalue weighted by atomic mass is 10.0. The van der Waals surface area contributed by atoms with Gasteiger partial charge in [0, 0.05) is 18.3 Å². The highest BCUT2D eigenvalue weighted by Gasteiger charge is 2.44. The second kappa shape index (κ2) is 8.63. The highest BCUT2D eigenvalue weighted by molar-refractivity contribution is 5.88. The van der Waals surface area contributed by atoms with Gasteiger partial charge < -0.3 is 15.6 Å². The van der Waals surface area contributed by atoms with Crippen LogP contribution in [0, 0.1) is 6.92 Å². The number of hydrogen-bond acceptors (Lipinski definition) is 7. The average molecular weight is 491 g/mol. The van der Waals surface area contributed by atoms with E-state index < -0.39 is 24.9 Å². The van der Waals surface area contributed by atoms with E-state index in [1.54, 1.807) is 36.2 Å². The first-order valence-corrected chi connectivity index (χ1v) is 11.3. The van der Waals surface area contributed by atoms with Crippen molar-refractivity contribution >= 4 is 28.4 Å². The van der Waals surface area contributed by atoms with E-state index in [1.165, 1.54) is 9.08 Å². The molecule has 0 unspecified atom stereocenters. The minimum Gasteiger partial charge on any atom is -0.382 e. The number of rotatable bonds is 6. The molecule has 5 rings (SSSR count). The number of aromatic nitrogens is 6. The van der Waals surface area contributed by atoms with Crippen molar-refractivity contribution in [1.82, 2.24) is 34.0 Å². The van der Waals surface area contributed by atoms with Gasteiger partial charge in [-0.1, -0.05) is 6.92 Å². The van der Waals surface area contributed by atoms with Gasteiger partial charge >= 0.3 is 0 Å². The maximum atomic E-state index is 14.6. The third-order valence-corrected chi connectivity index (χ3v) is 6.35. The molecule has 4 aromatic heterocycles.